The summed E-state index contributed by atoms with van der Waals surface area (Å²) in [5, 5.41) is 26.9. The molecule has 2 aromatic heterocycles. The van der Waals surface area contributed by atoms with Crippen molar-refractivity contribution in [2.45, 2.75) is 29.7 Å². The third-order valence-electron chi connectivity index (χ3n) is 5.17. The Bertz CT molecular complexity index is 1340. The van der Waals surface area contributed by atoms with Crippen molar-refractivity contribution in [3.05, 3.63) is 50.0 Å². The second-order valence-corrected chi connectivity index (χ2v) is 11.7. The number of aromatic nitrogens is 3. The fourth-order valence-electron chi connectivity index (χ4n) is 3.44. The first kappa shape index (κ1) is 24.5. The molecule has 1 aromatic carbocycles. The van der Waals surface area contributed by atoms with Crippen molar-refractivity contribution in [2.24, 2.45) is 0 Å². The van der Waals surface area contributed by atoms with Crippen LogP contribution in [0.4, 0.5) is 25.2 Å². The van der Waals surface area contributed by atoms with E-state index in [0.717, 1.165) is 4.68 Å². The van der Waals surface area contributed by atoms with Crippen molar-refractivity contribution < 1.29 is 29.3 Å². The summed E-state index contributed by atoms with van der Waals surface area (Å²) in [6, 6.07) is 1.82. The minimum atomic E-state index is -10.1. The van der Waals surface area contributed by atoms with E-state index in [9.17, 15) is 34.6 Å². The van der Waals surface area contributed by atoms with Gasteiger partial charge in [-0.2, -0.15) is 10.4 Å². The second-order valence-electron chi connectivity index (χ2n) is 7.47. The summed E-state index contributed by atoms with van der Waals surface area (Å²) in [6.07, 6.45) is 1.88. The van der Waals surface area contributed by atoms with Gasteiger partial charge in [0.1, 0.15) is 27.5 Å². The number of halogens is 7. The van der Waals surface area contributed by atoms with Gasteiger partial charge in [0, 0.05) is 11.6 Å². The van der Waals surface area contributed by atoms with E-state index in [1.807, 2.05) is 0 Å². The largest absolute Gasteiger partial charge is 0.481 e. The minimum absolute atomic E-state index is 0.0111. The molecule has 4 rings (SSSR count). The maximum atomic E-state index is 13.3. The van der Waals surface area contributed by atoms with Gasteiger partial charge >= 0.3 is 16.2 Å². The maximum absolute atomic E-state index is 13.3. The molecule has 1 aliphatic rings. The van der Waals surface area contributed by atoms with E-state index in [1.165, 1.54) is 17.5 Å². The van der Waals surface area contributed by atoms with Crippen molar-refractivity contribution >= 4 is 56.5 Å². The van der Waals surface area contributed by atoms with Crippen LogP contribution in [0.1, 0.15) is 29.1 Å². The number of anilines is 1. The number of rotatable bonds is 7. The molecule has 182 valence electrons. The van der Waals surface area contributed by atoms with Crippen molar-refractivity contribution in [1.29, 1.82) is 5.26 Å². The number of carboxylic acid groups (broad SMARTS) is 1. The van der Waals surface area contributed by atoms with Crippen LogP contribution < -0.4 is 5.32 Å². The average Bonchev–Trinajstić information content (AvgIpc) is 3.18. The molecule has 3 aromatic rings. The Balaban J connectivity index is 1.95. The van der Waals surface area contributed by atoms with Gasteiger partial charge in [0.15, 0.2) is 5.69 Å². The summed E-state index contributed by atoms with van der Waals surface area (Å²) in [4.78, 5) is 13.8. The van der Waals surface area contributed by atoms with E-state index in [4.69, 9.17) is 23.2 Å². The van der Waals surface area contributed by atoms with E-state index in [0.29, 0.717) is 5.01 Å². The quantitative estimate of drug-likeness (QED) is 0.305. The number of hydrogen-bond donors (Lipinski definition) is 2. The SMILES string of the molecule is N#Cc1nn(-c2c(Cl)cc(S(F)(F)(F)(F)F)cc2Cl)c(NCc2nccs2)c1C1(C(=O)O)CC1. The minimum Gasteiger partial charge on any atom is -0.481 e. The lowest BCUT2D eigenvalue weighted by Gasteiger charge is -2.40. The Hall–Kier alpha value is -2.60. The summed E-state index contributed by atoms with van der Waals surface area (Å²) in [7, 11) is -10.1. The van der Waals surface area contributed by atoms with Gasteiger partial charge in [0.05, 0.1) is 27.6 Å². The van der Waals surface area contributed by atoms with Crippen LogP contribution in [0.25, 0.3) is 5.69 Å². The first-order valence-corrected chi connectivity index (χ1v) is 12.8. The highest BCUT2D eigenvalue weighted by Crippen LogP contribution is 3.02. The van der Waals surface area contributed by atoms with Crippen LogP contribution in [-0.4, -0.2) is 25.8 Å². The molecule has 16 heteroatoms. The molecule has 0 saturated heterocycles. The molecule has 0 aliphatic heterocycles. The van der Waals surface area contributed by atoms with E-state index in [1.54, 1.807) is 11.4 Å². The number of benzene rings is 1. The summed E-state index contributed by atoms with van der Waals surface area (Å²) in [5.41, 5.74) is -2.23. The summed E-state index contributed by atoms with van der Waals surface area (Å²) >= 11 is 13.2. The number of thiazole rings is 1. The van der Waals surface area contributed by atoms with Crippen LogP contribution in [0.2, 0.25) is 10.0 Å². The molecule has 1 fully saturated rings. The summed E-state index contributed by atoms with van der Waals surface area (Å²) < 4.78 is 67.4. The molecule has 0 unspecified atom stereocenters. The number of nitrogens with one attached hydrogen (secondary N) is 1. The standard InChI is InChI=1S/C18H12Cl2F5N5O2S2/c19-10-5-9(34(21,22,23,24)25)6-11(20)15(10)30-16(28-8-13-27-3-4-33-13)14(12(7-26)29-30)18(1-2-18)17(31)32/h3-6,28H,1-2,8H2,(H,31,32). The van der Waals surface area contributed by atoms with Gasteiger partial charge in [-0.15, -0.1) is 11.3 Å². The van der Waals surface area contributed by atoms with E-state index in [2.05, 4.69) is 15.4 Å². The Kier molecular flexibility index (Phi) is 5.19. The van der Waals surface area contributed by atoms with Gasteiger partial charge < -0.3 is 10.4 Å². The molecule has 0 spiro atoms. The molecule has 0 bridgehead atoms. The first-order valence-electron chi connectivity index (χ1n) is 9.20. The third kappa shape index (κ3) is 4.28. The molecule has 0 amide bonds. The zero-order valence-corrected chi connectivity index (χ0v) is 19.7. The van der Waals surface area contributed by atoms with Gasteiger partial charge in [-0.25, -0.2) is 9.67 Å². The highest BCUT2D eigenvalue weighted by atomic mass is 35.5. The highest BCUT2D eigenvalue weighted by molar-refractivity contribution is 8.45. The summed E-state index contributed by atoms with van der Waals surface area (Å²) in [6.45, 7) is 0.0374. The zero-order valence-electron chi connectivity index (χ0n) is 16.5. The maximum Gasteiger partial charge on any atom is 0.314 e. The van der Waals surface area contributed by atoms with Gasteiger partial charge in [-0.1, -0.05) is 42.6 Å². The van der Waals surface area contributed by atoms with Crippen LogP contribution in [0.15, 0.2) is 28.6 Å². The van der Waals surface area contributed by atoms with Gasteiger partial charge in [0.25, 0.3) is 0 Å². The number of hydrogen-bond acceptors (Lipinski definition) is 6. The zero-order chi connectivity index (χ0) is 25.2. The van der Waals surface area contributed by atoms with Crippen molar-refractivity contribution in [2.75, 3.05) is 5.32 Å². The third-order valence-corrected chi connectivity index (χ3v) is 7.65. The lowest BCUT2D eigenvalue weighted by atomic mass is 9.95. The molecule has 2 N–H and O–H groups in total. The van der Waals surface area contributed by atoms with E-state index >= 15 is 0 Å². The fourth-order valence-corrected chi connectivity index (χ4v) is 5.45. The lowest BCUT2D eigenvalue weighted by Crippen LogP contribution is -2.22. The molecule has 2 heterocycles. The molecule has 0 radical (unpaired) electrons. The molecular formula is C18H12Cl2F5N5O2S2. The molecule has 34 heavy (non-hydrogen) atoms. The Labute approximate surface area is 202 Å². The number of carboxylic acids is 1. The van der Waals surface area contributed by atoms with E-state index in [-0.39, 0.29) is 48.6 Å². The van der Waals surface area contributed by atoms with Crippen LogP contribution in [0, 0.1) is 11.3 Å². The summed E-state index contributed by atoms with van der Waals surface area (Å²) in [5.74, 6) is -1.30. The first-order chi connectivity index (χ1) is 15.6. The topological polar surface area (TPSA) is 104 Å². The van der Waals surface area contributed by atoms with Crippen LogP contribution in [0.5, 0.6) is 0 Å². The number of aliphatic carboxylic acids is 1. The molecule has 7 nitrogen and oxygen atoms in total. The van der Waals surface area contributed by atoms with E-state index < -0.39 is 42.2 Å². The second kappa shape index (κ2) is 7.20. The average molecular weight is 560 g/mol. The van der Waals surface area contributed by atoms with Gasteiger partial charge in [-0.3, -0.25) is 4.79 Å². The Morgan fingerprint density at radius 2 is 1.88 bits per heavy atom. The molecule has 0 atom stereocenters. The van der Waals surface area contributed by atoms with Gasteiger partial charge in [-0.05, 0) is 25.0 Å². The molecule has 1 aliphatic carbocycles. The van der Waals surface area contributed by atoms with Gasteiger partial charge in [0.2, 0.25) is 0 Å². The van der Waals surface area contributed by atoms with Crippen LogP contribution in [0.3, 0.4) is 0 Å². The number of nitriles is 1. The fraction of sp³-hybridized carbons (Fsp3) is 0.222. The predicted molar refractivity (Wildman–Crippen MR) is 118 cm³/mol. The monoisotopic (exact) mass is 559 g/mol. The normalized spacial score (nSPS) is 16.9. The molecular weight excluding hydrogens is 548 g/mol. The Morgan fingerprint density at radius 3 is 2.32 bits per heavy atom. The highest BCUT2D eigenvalue weighted by Gasteiger charge is 2.65. The van der Waals surface area contributed by atoms with Crippen molar-refractivity contribution in [3.63, 3.8) is 0 Å². The number of carbonyl (C=O) groups is 1. The van der Waals surface area contributed by atoms with Crippen molar-refractivity contribution in [3.8, 4) is 11.8 Å². The molecule has 1 saturated carbocycles. The van der Waals surface area contributed by atoms with Crippen LogP contribution >= 0.6 is 44.8 Å². The predicted octanol–water partition coefficient (Wildman–Crippen LogP) is 6.89. The van der Waals surface area contributed by atoms with Crippen LogP contribution in [-0.2, 0) is 16.8 Å². The number of nitrogens with zero attached hydrogens (tertiary/aromatic N) is 4. The Morgan fingerprint density at radius 1 is 1.26 bits per heavy atom. The van der Waals surface area contributed by atoms with Crippen molar-refractivity contribution in [1.82, 2.24) is 14.8 Å². The lowest BCUT2D eigenvalue weighted by molar-refractivity contribution is -0.140. The smallest absolute Gasteiger partial charge is 0.314 e.